The van der Waals surface area contributed by atoms with Crippen molar-refractivity contribution >= 4 is 11.8 Å². The quantitative estimate of drug-likeness (QED) is 0.935. The van der Waals surface area contributed by atoms with Gasteiger partial charge in [0, 0.05) is 38.3 Å². The molecule has 2 heterocycles. The minimum absolute atomic E-state index is 0.185. The number of halogens is 1. The predicted octanol–water partition coefficient (Wildman–Crippen LogP) is 2.18. The lowest BCUT2D eigenvalue weighted by Gasteiger charge is -2.36. The van der Waals surface area contributed by atoms with Crippen LogP contribution >= 0.6 is 0 Å². The standard InChI is InChI=1S/C18H21FN4O/c1-3-14-11-20-21-18(24)17(14)23-8-6-22(7-9-23)12-15-4-5-16(19)10-13(15)2/h3-5,10-11H,1,6-9,12H2,2H3,(H,21,24). The molecule has 3 rings (SSSR count). The largest absolute Gasteiger partial charge is 0.364 e. The highest BCUT2D eigenvalue weighted by Gasteiger charge is 2.21. The van der Waals surface area contributed by atoms with Gasteiger partial charge in [-0.1, -0.05) is 18.7 Å². The van der Waals surface area contributed by atoms with Gasteiger partial charge in [0.15, 0.2) is 0 Å². The highest BCUT2D eigenvalue weighted by molar-refractivity contribution is 5.64. The number of nitrogens with zero attached hydrogens (tertiary/aromatic N) is 3. The Bertz CT molecular complexity index is 794. The second-order valence-electron chi connectivity index (χ2n) is 6.04. The number of aryl methyl sites for hydroxylation is 1. The number of aromatic nitrogens is 2. The van der Waals surface area contributed by atoms with E-state index >= 15 is 0 Å². The Balaban J connectivity index is 1.68. The Labute approximate surface area is 140 Å². The summed E-state index contributed by atoms with van der Waals surface area (Å²) in [6.07, 6.45) is 3.28. The molecule has 126 valence electrons. The van der Waals surface area contributed by atoms with Gasteiger partial charge in [-0.25, -0.2) is 9.49 Å². The fourth-order valence-corrected chi connectivity index (χ4v) is 3.09. The van der Waals surface area contributed by atoms with Gasteiger partial charge in [-0.15, -0.1) is 0 Å². The first-order valence-corrected chi connectivity index (χ1v) is 8.01. The number of anilines is 1. The van der Waals surface area contributed by atoms with E-state index in [0.717, 1.165) is 49.4 Å². The molecule has 1 aliphatic heterocycles. The monoisotopic (exact) mass is 328 g/mol. The van der Waals surface area contributed by atoms with E-state index in [9.17, 15) is 9.18 Å². The summed E-state index contributed by atoms with van der Waals surface area (Å²) >= 11 is 0. The molecule has 1 aliphatic rings. The number of hydrogen-bond donors (Lipinski definition) is 1. The topological polar surface area (TPSA) is 52.2 Å². The van der Waals surface area contributed by atoms with Crippen molar-refractivity contribution in [1.29, 1.82) is 0 Å². The first-order valence-electron chi connectivity index (χ1n) is 8.01. The van der Waals surface area contributed by atoms with Crippen molar-refractivity contribution in [3.05, 3.63) is 63.8 Å². The van der Waals surface area contributed by atoms with Crippen LogP contribution in [0, 0.1) is 12.7 Å². The predicted molar refractivity (Wildman–Crippen MR) is 93.6 cm³/mol. The SMILES string of the molecule is C=Cc1cn[nH]c(=O)c1N1CCN(Cc2ccc(F)cc2C)CC1. The van der Waals surface area contributed by atoms with Gasteiger partial charge in [-0.3, -0.25) is 9.69 Å². The molecule has 1 N–H and O–H groups in total. The summed E-state index contributed by atoms with van der Waals surface area (Å²) in [5.74, 6) is -0.199. The Morgan fingerprint density at radius 1 is 1.33 bits per heavy atom. The zero-order valence-electron chi connectivity index (χ0n) is 13.8. The minimum Gasteiger partial charge on any atom is -0.364 e. The van der Waals surface area contributed by atoms with Crippen molar-refractivity contribution in [3.63, 3.8) is 0 Å². The van der Waals surface area contributed by atoms with Crippen molar-refractivity contribution in [2.75, 3.05) is 31.1 Å². The van der Waals surface area contributed by atoms with Crippen molar-refractivity contribution in [2.45, 2.75) is 13.5 Å². The molecule has 0 spiro atoms. The highest BCUT2D eigenvalue weighted by atomic mass is 19.1. The first-order chi connectivity index (χ1) is 11.6. The Morgan fingerprint density at radius 3 is 2.75 bits per heavy atom. The molecule has 0 saturated carbocycles. The van der Waals surface area contributed by atoms with Gasteiger partial charge in [0.2, 0.25) is 0 Å². The molecule has 0 unspecified atom stereocenters. The molecule has 1 aromatic carbocycles. The van der Waals surface area contributed by atoms with E-state index in [2.05, 4.69) is 26.6 Å². The molecule has 24 heavy (non-hydrogen) atoms. The van der Waals surface area contributed by atoms with Gasteiger partial charge in [-0.05, 0) is 30.2 Å². The minimum atomic E-state index is -0.199. The van der Waals surface area contributed by atoms with Crippen LogP contribution in [0.4, 0.5) is 10.1 Å². The fourth-order valence-electron chi connectivity index (χ4n) is 3.09. The maximum absolute atomic E-state index is 13.2. The van der Waals surface area contributed by atoms with E-state index < -0.39 is 0 Å². The zero-order chi connectivity index (χ0) is 17.1. The van der Waals surface area contributed by atoms with Crippen molar-refractivity contribution in [3.8, 4) is 0 Å². The third-order valence-corrected chi connectivity index (χ3v) is 4.47. The van der Waals surface area contributed by atoms with Crippen LogP contribution < -0.4 is 10.5 Å². The maximum Gasteiger partial charge on any atom is 0.288 e. The second-order valence-corrected chi connectivity index (χ2v) is 6.04. The van der Waals surface area contributed by atoms with Crippen LogP contribution in [0.15, 0.2) is 35.8 Å². The molecular weight excluding hydrogens is 307 g/mol. The molecule has 0 amide bonds. The summed E-state index contributed by atoms with van der Waals surface area (Å²) in [6.45, 7) is 9.68. The number of aromatic amines is 1. The summed E-state index contributed by atoms with van der Waals surface area (Å²) in [5.41, 5.74) is 3.31. The highest BCUT2D eigenvalue weighted by Crippen LogP contribution is 2.19. The lowest BCUT2D eigenvalue weighted by atomic mass is 10.1. The molecule has 6 heteroatoms. The molecule has 2 aromatic rings. The maximum atomic E-state index is 13.2. The number of piperazine rings is 1. The van der Waals surface area contributed by atoms with Gasteiger partial charge in [0.25, 0.3) is 5.56 Å². The Hall–Kier alpha value is -2.47. The molecule has 0 aliphatic carbocycles. The molecular formula is C18H21FN4O. The van der Waals surface area contributed by atoms with Crippen molar-refractivity contribution in [1.82, 2.24) is 15.1 Å². The van der Waals surface area contributed by atoms with Crippen LogP contribution in [0.3, 0.4) is 0 Å². The van der Waals surface area contributed by atoms with Crippen LogP contribution in [-0.4, -0.2) is 41.3 Å². The lowest BCUT2D eigenvalue weighted by Crippen LogP contribution is -2.47. The van der Waals surface area contributed by atoms with Gasteiger partial charge in [0.05, 0.1) is 6.20 Å². The van der Waals surface area contributed by atoms with Crippen LogP contribution in [0.5, 0.6) is 0 Å². The summed E-state index contributed by atoms with van der Waals surface area (Å²) in [6, 6.07) is 4.92. The van der Waals surface area contributed by atoms with Gasteiger partial charge in [0.1, 0.15) is 11.5 Å². The molecule has 0 bridgehead atoms. The summed E-state index contributed by atoms with van der Waals surface area (Å²) < 4.78 is 13.2. The third-order valence-electron chi connectivity index (χ3n) is 4.47. The molecule has 5 nitrogen and oxygen atoms in total. The summed E-state index contributed by atoms with van der Waals surface area (Å²) in [5, 5.41) is 6.31. The van der Waals surface area contributed by atoms with Gasteiger partial charge in [-0.2, -0.15) is 5.10 Å². The number of H-pyrrole nitrogens is 1. The average molecular weight is 328 g/mol. The smallest absolute Gasteiger partial charge is 0.288 e. The molecule has 1 fully saturated rings. The number of hydrogen-bond acceptors (Lipinski definition) is 4. The number of rotatable bonds is 4. The summed E-state index contributed by atoms with van der Waals surface area (Å²) in [4.78, 5) is 16.5. The zero-order valence-corrected chi connectivity index (χ0v) is 13.8. The number of nitrogens with one attached hydrogen (secondary N) is 1. The number of benzene rings is 1. The van der Waals surface area contributed by atoms with E-state index in [0.29, 0.717) is 5.69 Å². The normalized spacial score (nSPS) is 15.5. The lowest BCUT2D eigenvalue weighted by molar-refractivity contribution is 0.249. The first kappa shape index (κ1) is 16.4. The third kappa shape index (κ3) is 3.38. The van der Waals surface area contributed by atoms with E-state index in [1.165, 1.54) is 6.07 Å². The van der Waals surface area contributed by atoms with E-state index in [-0.39, 0.29) is 11.4 Å². The van der Waals surface area contributed by atoms with Crippen LogP contribution in [-0.2, 0) is 6.54 Å². The summed E-state index contributed by atoms with van der Waals surface area (Å²) in [7, 11) is 0. The molecule has 0 radical (unpaired) electrons. The van der Waals surface area contributed by atoms with Crippen molar-refractivity contribution < 1.29 is 4.39 Å². The fraction of sp³-hybridized carbons (Fsp3) is 0.333. The molecule has 1 aromatic heterocycles. The molecule has 1 saturated heterocycles. The van der Waals surface area contributed by atoms with E-state index in [1.807, 2.05) is 13.0 Å². The van der Waals surface area contributed by atoms with Crippen LogP contribution in [0.25, 0.3) is 6.08 Å². The van der Waals surface area contributed by atoms with Crippen LogP contribution in [0.2, 0.25) is 0 Å². The Morgan fingerprint density at radius 2 is 2.08 bits per heavy atom. The van der Waals surface area contributed by atoms with E-state index in [4.69, 9.17) is 0 Å². The van der Waals surface area contributed by atoms with E-state index in [1.54, 1.807) is 18.3 Å². The molecule has 0 atom stereocenters. The van der Waals surface area contributed by atoms with Crippen LogP contribution in [0.1, 0.15) is 16.7 Å². The van der Waals surface area contributed by atoms with Gasteiger partial charge >= 0.3 is 0 Å². The van der Waals surface area contributed by atoms with Crippen molar-refractivity contribution in [2.24, 2.45) is 0 Å². The second kappa shape index (κ2) is 6.97. The Kier molecular flexibility index (Phi) is 4.76. The van der Waals surface area contributed by atoms with Gasteiger partial charge < -0.3 is 4.90 Å². The average Bonchev–Trinajstić information content (AvgIpc) is 2.58.